The molecule has 0 bridgehead atoms. The Kier molecular flexibility index (Phi) is 4.94. The molecule has 3 aromatic rings. The van der Waals surface area contributed by atoms with Crippen LogP contribution in [0.2, 0.25) is 0 Å². The number of pyridine rings is 1. The van der Waals surface area contributed by atoms with Crippen LogP contribution in [0.4, 0.5) is 5.69 Å². The monoisotopic (exact) mass is 432 g/mol. The molecule has 0 radical (unpaired) electrons. The van der Waals surface area contributed by atoms with Gasteiger partial charge in [0.1, 0.15) is 0 Å². The number of anilines is 1. The molecule has 0 atom stereocenters. The van der Waals surface area contributed by atoms with Gasteiger partial charge in [0.2, 0.25) is 0 Å². The van der Waals surface area contributed by atoms with Crippen molar-refractivity contribution in [2.24, 2.45) is 0 Å². The third-order valence-corrected chi connectivity index (χ3v) is 4.29. The Morgan fingerprint density at radius 3 is 2.54 bits per heavy atom. The van der Waals surface area contributed by atoms with Crippen molar-refractivity contribution in [3.63, 3.8) is 0 Å². The largest absolute Gasteiger partial charge is 0.322 e. The molecule has 0 saturated heterocycles. The number of nitrogens with one attached hydrogen (secondary N) is 1. The van der Waals surface area contributed by atoms with Gasteiger partial charge in [-0.25, -0.2) is 9.67 Å². The van der Waals surface area contributed by atoms with Gasteiger partial charge in [-0.1, -0.05) is 19.9 Å². The summed E-state index contributed by atoms with van der Waals surface area (Å²) in [5.74, 6) is 0.670. The van der Waals surface area contributed by atoms with Gasteiger partial charge < -0.3 is 5.32 Å². The molecule has 1 N–H and O–H groups in total. The van der Waals surface area contributed by atoms with Gasteiger partial charge in [0.25, 0.3) is 5.91 Å². The highest BCUT2D eigenvalue weighted by molar-refractivity contribution is 14.1. The fourth-order valence-electron chi connectivity index (χ4n) is 2.48. The first-order valence-corrected chi connectivity index (χ1v) is 8.70. The summed E-state index contributed by atoms with van der Waals surface area (Å²) in [6.45, 7) is 4.08. The fourth-order valence-corrected chi connectivity index (χ4v) is 2.84. The highest BCUT2D eigenvalue weighted by Gasteiger charge is 2.21. The van der Waals surface area contributed by atoms with Crippen LogP contribution in [-0.4, -0.2) is 20.7 Å². The van der Waals surface area contributed by atoms with Crippen molar-refractivity contribution in [1.29, 1.82) is 0 Å². The minimum atomic E-state index is -0.165. The number of halogens is 1. The number of carbonyl (C=O) groups is 1. The molecule has 0 aliphatic rings. The van der Waals surface area contributed by atoms with Gasteiger partial charge in [-0.3, -0.25) is 4.79 Å². The maximum atomic E-state index is 12.7. The Bertz CT molecular complexity index is 841. The number of nitrogens with zero attached hydrogens (tertiary/aromatic N) is 3. The lowest BCUT2D eigenvalue weighted by atomic mass is 10.1. The molecule has 1 amide bonds. The number of hydrogen-bond acceptors (Lipinski definition) is 3. The SMILES string of the molecule is CC(C)c1c(C(=O)Nc2ccc(I)cc2)cnn1-c1ccccn1. The highest BCUT2D eigenvalue weighted by Crippen LogP contribution is 2.23. The second kappa shape index (κ2) is 7.12. The molecule has 0 aliphatic carbocycles. The maximum Gasteiger partial charge on any atom is 0.259 e. The quantitative estimate of drug-likeness (QED) is 0.628. The Hall–Kier alpha value is -2.22. The minimum absolute atomic E-state index is 0.131. The number of carbonyl (C=O) groups excluding carboxylic acids is 1. The summed E-state index contributed by atoms with van der Waals surface area (Å²) in [6, 6.07) is 13.3. The van der Waals surface area contributed by atoms with Crippen LogP contribution in [0.3, 0.4) is 0 Å². The van der Waals surface area contributed by atoms with Crippen LogP contribution in [0.15, 0.2) is 54.9 Å². The number of benzene rings is 1. The average molecular weight is 432 g/mol. The van der Waals surface area contributed by atoms with Crippen LogP contribution in [-0.2, 0) is 0 Å². The van der Waals surface area contributed by atoms with Crippen molar-refractivity contribution < 1.29 is 4.79 Å². The van der Waals surface area contributed by atoms with Crippen LogP contribution in [0.5, 0.6) is 0 Å². The third kappa shape index (κ3) is 3.48. The van der Waals surface area contributed by atoms with Crippen LogP contribution < -0.4 is 5.32 Å². The second-order valence-electron chi connectivity index (χ2n) is 5.66. The molecule has 0 fully saturated rings. The topological polar surface area (TPSA) is 59.8 Å². The van der Waals surface area contributed by atoms with E-state index in [2.05, 4.69) is 38.0 Å². The van der Waals surface area contributed by atoms with Gasteiger partial charge in [0.15, 0.2) is 5.82 Å². The van der Waals surface area contributed by atoms with Gasteiger partial charge in [-0.2, -0.15) is 5.10 Å². The molecular weight excluding hydrogens is 415 g/mol. The molecule has 2 heterocycles. The normalized spacial score (nSPS) is 10.8. The Labute approximate surface area is 154 Å². The van der Waals surface area contributed by atoms with Crippen molar-refractivity contribution in [3.05, 3.63) is 69.7 Å². The summed E-state index contributed by atoms with van der Waals surface area (Å²) in [5.41, 5.74) is 2.17. The zero-order chi connectivity index (χ0) is 17.1. The summed E-state index contributed by atoms with van der Waals surface area (Å²) < 4.78 is 2.85. The molecule has 6 heteroatoms. The predicted octanol–water partition coefficient (Wildman–Crippen LogP) is 4.25. The Balaban J connectivity index is 1.94. The molecule has 0 aliphatic heterocycles. The molecule has 5 nitrogen and oxygen atoms in total. The predicted molar refractivity (Wildman–Crippen MR) is 103 cm³/mol. The van der Waals surface area contributed by atoms with Crippen LogP contribution in [0, 0.1) is 3.57 Å². The first-order chi connectivity index (χ1) is 11.6. The lowest BCUT2D eigenvalue weighted by Gasteiger charge is -2.12. The molecule has 3 rings (SSSR count). The van der Waals surface area contributed by atoms with Crippen molar-refractivity contribution in [1.82, 2.24) is 14.8 Å². The van der Waals surface area contributed by atoms with E-state index in [1.165, 1.54) is 0 Å². The number of rotatable bonds is 4. The van der Waals surface area contributed by atoms with E-state index in [0.29, 0.717) is 11.4 Å². The molecule has 2 aromatic heterocycles. The lowest BCUT2D eigenvalue weighted by Crippen LogP contribution is -2.15. The van der Waals surface area contributed by atoms with E-state index in [1.54, 1.807) is 17.1 Å². The zero-order valence-electron chi connectivity index (χ0n) is 13.4. The summed E-state index contributed by atoms with van der Waals surface area (Å²) in [5, 5.41) is 7.31. The lowest BCUT2D eigenvalue weighted by molar-refractivity contribution is 0.102. The van der Waals surface area contributed by atoms with E-state index in [4.69, 9.17) is 0 Å². The Morgan fingerprint density at radius 1 is 1.17 bits per heavy atom. The fraction of sp³-hybridized carbons (Fsp3) is 0.167. The van der Waals surface area contributed by atoms with Crippen LogP contribution in [0.1, 0.15) is 35.8 Å². The van der Waals surface area contributed by atoms with E-state index in [9.17, 15) is 4.79 Å². The molecule has 0 unspecified atom stereocenters. The van der Waals surface area contributed by atoms with E-state index < -0.39 is 0 Å². The summed E-state index contributed by atoms with van der Waals surface area (Å²) in [6.07, 6.45) is 3.32. The zero-order valence-corrected chi connectivity index (χ0v) is 15.6. The van der Waals surface area contributed by atoms with E-state index in [1.807, 2.05) is 56.3 Å². The number of aromatic nitrogens is 3. The third-order valence-electron chi connectivity index (χ3n) is 3.57. The van der Waals surface area contributed by atoms with E-state index in [-0.39, 0.29) is 11.8 Å². The van der Waals surface area contributed by atoms with Gasteiger partial charge in [-0.15, -0.1) is 0 Å². The number of hydrogen-bond donors (Lipinski definition) is 1. The maximum absolute atomic E-state index is 12.7. The van der Waals surface area contributed by atoms with Crippen molar-refractivity contribution in [2.45, 2.75) is 19.8 Å². The van der Waals surface area contributed by atoms with E-state index in [0.717, 1.165) is 15.0 Å². The van der Waals surface area contributed by atoms with Crippen LogP contribution in [0.25, 0.3) is 5.82 Å². The van der Waals surface area contributed by atoms with Crippen molar-refractivity contribution in [2.75, 3.05) is 5.32 Å². The average Bonchev–Trinajstić information content (AvgIpc) is 3.03. The first-order valence-electron chi connectivity index (χ1n) is 7.62. The van der Waals surface area contributed by atoms with Gasteiger partial charge >= 0.3 is 0 Å². The minimum Gasteiger partial charge on any atom is -0.322 e. The summed E-state index contributed by atoms with van der Waals surface area (Å²) >= 11 is 2.23. The highest BCUT2D eigenvalue weighted by atomic mass is 127. The summed E-state index contributed by atoms with van der Waals surface area (Å²) in [7, 11) is 0. The van der Waals surface area contributed by atoms with Gasteiger partial charge in [0, 0.05) is 15.5 Å². The van der Waals surface area contributed by atoms with Crippen molar-refractivity contribution in [3.8, 4) is 5.82 Å². The Morgan fingerprint density at radius 2 is 1.92 bits per heavy atom. The van der Waals surface area contributed by atoms with Gasteiger partial charge in [0.05, 0.1) is 17.5 Å². The standard InChI is InChI=1S/C18H17IN4O/c1-12(2)17-15(11-21-23(17)16-5-3-4-10-20-16)18(24)22-14-8-6-13(19)7-9-14/h3-12H,1-2H3,(H,22,24). The van der Waals surface area contributed by atoms with Crippen molar-refractivity contribution >= 4 is 34.2 Å². The molecule has 0 saturated carbocycles. The number of amides is 1. The van der Waals surface area contributed by atoms with E-state index >= 15 is 0 Å². The van der Waals surface area contributed by atoms with Gasteiger partial charge in [-0.05, 0) is 64.9 Å². The van der Waals surface area contributed by atoms with Crippen LogP contribution >= 0.6 is 22.6 Å². The smallest absolute Gasteiger partial charge is 0.259 e. The molecule has 122 valence electrons. The first kappa shape index (κ1) is 16.6. The summed E-state index contributed by atoms with van der Waals surface area (Å²) in [4.78, 5) is 17.0. The molecule has 1 aromatic carbocycles. The molecule has 24 heavy (non-hydrogen) atoms. The molecule has 0 spiro atoms. The second-order valence-corrected chi connectivity index (χ2v) is 6.90. The molecular formula is C18H17IN4O.